The molecule has 0 saturated heterocycles. The van der Waals surface area contributed by atoms with Crippen LogP contribution in [-0.2, 0) is 22.6 Å². The van der Waals surface area contributed by atoms with Gasteiger partial charge in [-0.05, 0) is 18.3 Å². The van der Waals surface area contributed by atoms with Crippen molar-refractivity contribution >= 4 is 5.97 Å². The zero-order chi connectivity index (χ0) is 20.5. The molecule has 0 radical (unpaired) electrons. The minimum Gasteiger partial charge on any atom is -0.460 e. The zero-order valence-electron chi connectivity index (χ0n) is 15.1. The van der Waals surface area contributed by atoms with Crippen molar-refractivity contribution in [2.75, 3.05) is 6.61 Å². The van der Waals surface area contributed by atoms with Gasteiger partial charge in [-0.3, -0.25) is 4.79 Å². The number of aliphatic hydroxyl groups excluding tert-OH is 1. The Morgan fingerprint density at radius 2 is 1.70 bits per heavy atom. The van der Waals surface area contributed by atoms with Crippen molar-refractivity contribution in [3.05, 3.63) is 46.0 Å². The Hall–Kier alpha value is -2.40. The first-order valence-electron chi connectivity index (χ1n) is 8.27. The van der Waals surface area contributed by atoms with Crippen LogP contribution in [0.25, 0.3) is 0 Å². The maximum absolute atomic E-state index is 14.0. The monoisotopic (exact) mass is 385 g/mol. The second-order valence-corrected chi connectivity index (χ2v) is 7.08. The van der Waals surface area contributed by atoms with Gasteiger partial charge in [0.15, 0.2) is 23.3 Å². The van der Waals surface area contributed by atoms with Gasteiger partial charge in [0.1, 0.15) is 6.61 Å². The molecule has 0 aliphatic heterocycles. The Balaban J connectivity index is 2.18. The van der Waals surface area contributed by atoms with Crippen LogP contribution in [0.3, 0.4) is 0 Å². The Labute approximate surface area is 154 Å². The molecule has 0 aromatic heterocycles. The van der Waals surface area contributed by atoms with Gasteiger partial charge in [0.25, 0.3) is 0 Å². The molecular weight excluding hydrogens is 366 g/mol. The zero-order valence-corrected chi connectivity index (χ0v) is 15.1. The third-order valence-corrected chi connectivity index (χ3v) is 4.94. The molecule has 8 heteroatoms. The quantitative estimate of drug-likeness (QED) is 0.352. The van der Waals surface area contributed by atoms with E-state index >= 15 is 0 Å². The lowest BCUT2D eigenvalue weighted by Crippen LogP contribution is -2.15. The molecular formula is C19H19F4NO3. The van der Waals surface area contributed by atoms with E-state index in [1.807, 2.05) is 6.07 Å². The van der Waals surface area contributed by atoms with E-state index in [2.05, 4.69) is 0 Å². The number of carbonyl (C=O) groups is 1. The van der Waals surface area contributed by atoms with Gasteiger partial charge < -0.3 is 9.84 Å². The first kappa shape index (κ1) is 20.9. The summed E-state index contributed by atoms with van der Waals surface area (Å²) in [6.07, 6.45) is 1.03. The van der Waals surface area contributed by atoms with E-state index < -0.39 is 71.3 Å². The molecule has 1 saturated carbocycles. The largest absolute Gasteiger partial charge is 0.460 e. The third kappa shape index (κ3) is 3.83. The number of ether oxygens (including phenoxy) is 1. The number of nitriles is 1. The fourth-order valence-corrected chi connectivity index (χ4v) is 3.16. The van der Waals surface area contributed by atoms with Crippen LogP contribution in [0.5, 0.6) is 0 Å². The molecule has 0 heterocycles. The highest BCUT2D eigenvalue weighted by Gasteiger charge is 2.61. The highest BCUT2D eigenvalue weighted by atomic mass is 19.2. The number of hydrogen-bond acceptors (Lipinski definition) is 4. The average Bonchev–Trinajstić information content (AvgIpc) is 3.16. The summed E-state index contributed by atoms with van der Waals surface area (Å²) in [7, 11) is 0. The summed E-state index contributed by atoms with van der Waals surface area (Å²) in [6, 6.07) is 1.94. The van der Waals surface area contributed by atoms with Crippen molar-refractivity contribution < 1.29 is 32.2 Å². The lowest BCUT2D eigenvalue weighted by Gasteiger charge is -2.12. The van der Waals surface area contributed by atoms with E-state index in [-0.39, 0.29) is 5.92 Å². The van der Waals surface area contributed by atoms with Gasteiger partial charge in [0, 0.05) is 24.2 Å². The van der Waals surface area contributed by atoms with Crippen LogP contribution in [0.2, 0.25) is 0 Å². The van der Waals surface area contributed by atoms with E-state index in [9.17, 15) is 22.4 Å². The van der Waals surface area contributed by atoms with Crippen LogP contribution < -0.4 is 0 Å². The smallest absolute Gasteiger partial charge is 0.310 e. The highest BCUT2D eigenvalue weighted by Crippen LogP contribution is 2.59. The van der Waals surface area contributed by atoms with Crippen molar-refractivity contribution in [3.8, 4) is 6.07 Å². The fourth-order valence-electron chi connectivity index (χ4n) is 3.16. The van der Waals surface area contributed by atoms with Crippen molar-refractivity contribution in [2.24, 2.45) is 17.3 Å². The van der Waals surface area contributed by atoms with Crippen LogP contribution in [0.4, 0.5) is 17.6 Å². The van der Waals surface area contributed by atoms with E-state index in [0.717, 1.165) is 0 Å². The molecule has 1 fully saturated rings. The maximum Gasteiger partial charge on any atom is 0.310 e. The number of benzene rings is 1. The number of carbonyl (C=O) groups excluding carboxylic acids is 1. The number of esters is 1. The second kappa shape index (κ2) is 7.69. The maximum atomic E-state index is 14.0. The summed E-state index contributed by atoms with van der Waals surface area (Å²) in [5.41, 5.74) is -2.01. The minimum absolute atomic E-state index is 0.278. The molecule has 1 aliphatic carbocycles. The molecule has 1 aromatic carbocycles. The van der Waals surface area contributed by atoms with Crippen LogP contribution in [0.1, 0.15) is 31.9 Å². The Kier molecular flexibility index (Phi) is 5.95. The molecule has 0 amide bonds. The third-order valence-electron chi connectivity index (χ3n) is 4.94. The standard InChI is InChI=1S/C19H19F4NO3/c1-9(7-24)6-12-13(19(12,2)3)18(26)27-8-11-16(22)14(20)10(4-5-25)15(21)17(11)23/h6,12-13,25H,4-5,8H2,1-3H3/t12-,13+/m1/s1. The number of nitrogens with zero attached hydrogens (tertiary/aromatic N) is 1. The first-order chi connectivity index (χ1) is 12.6. The van der Waals surface area contributed by atoms with Crippen molar-refractivity contribution in [3.63, 3.8) is 0 Å². The molecule has 27 heavy (non-hydrogen) atoms. The Bertz CT molecular complexity index is 813. The van der Waals surface area contributed by atoms with Gasteiger partial charge in [-0.15, -0.1) is 0 Å². The molecule has 0 bridgehead atoms. The summed E-state index contributed by atoms with van der Waals surface area (Å²) in [5.74, 6) is -8.23. The molecule has 1 aliphatic rings. The summed E-state index contributed by atoms with van der Waals surface area (Å²) >= 11 is 0. The van der Waals surface area contributed by atoms with Gasteiger partial charge in [-0.25, -0.2) is 17.6 Å². The van der Waals surface area contributed by atoms with Gasteiger partial charge in [0.2, 0.25) is 0 Å². The number of allylic oxidation sites excluding steroid dienone is 2. The van der Waals surface area contributed by atoms with E-state index in [0.29, 0.717) is 5.57 Å². The molecule has 0 unspecified atom stereocenters. The predicted octanol–water partition coefficient (Wildman–Crippen LogP) is 3.56. The van der Waals surface area contributed by atoms with E-state index in [1.165, 1.54) is 0 Å². The van der Waals surface area contributed by atoms with E-state index in [4.69, 9.17) is 15.1 Å². The van der Waals surface area contributed by atoms with Gasteiger partial charge in [-0.2, -0.15) is 5.26 Å². The molecule has 1 N–H and O–H groups in total. The van der Waals surface area contributed by atoms with Gasteiger partial charge in [-0.1, -0.05) is 19.9 Å². The first-order valence-corrected chi connectivity index (χ1v) is 8.27. The topological polar surface area (TPSA) is 70.3 Å². The summed E-state index contributed by atoms with van der Waals surface area (Å²) < 4.78 is 60.7. The summed E-state index contributed by atoms with van der Waals surface area (Å²) in [6.45, 7) is 3.48. The van der Waals surface area contributed by atoms with Gasteiger partial charge in [0.05, 0.1) is 17.6 Å². The van der Waals surface area contributed by atoms with Crippen molar-refractivity contribution in [2.45, 2.75) is 33.8 Å². The lowest BCUT2D eigenvalue weighted by atomic mass is 10.1. The molecule has 0 spiro atoms. The molecule has 146 valence electrons. The highest BCUT2D eigenvalue weighted by molar-refractivity contribution is 5.78. The van der Waals surface area contributed by atoms with E-state index in [1.54, 1.807) is 26.8 Å². The summed E-state index contributed by atoms with van der Waals surface area (Å²) in [4.78, 5) is 12.2. The molecule has 4 nitrogen and oxygen atoms in total. The van der Waals surface area contributed by atoms with Gasteiger partial charge >= 0.3 is 5.97 Å². The average molecular weight is 385 g/mol. The number of hydrogen-bond donors (Lipinski definition) is 1. The van der Waals surface area contributed by atoms with Crippen molar-refractivity contribution in [1.29, 1.82) is 5.26 Å². The molecule has 2 rings (SSSR count). The number of halogens is 4. The van der Waals surface area contributed by atoms with Crippen LogP contribution >= 0.6 is 0 Å². The number of aliphatic hydroxyl groups is 1. The second-order valence-electron chi connectivity index (χ2n) is 7.08. The normalized spacial score (nSPS) is 20.9. The number of rotatable bonds is 6. The Morgan fingerprint density at radius 1 is 1.19 bits per heavy atom. The van der Waals surface area contributed by atoms with Crippen LogP contribution in [-0.4, -0.2) is 17.7 Å². The fraction of sp³-hybridized carbons (Fsp3) is 0.474. The van der Waals surface area contributed by atoms with Crippen molar-refractivity contribution in [1.82, 2.24) is 0 Å². The molecule has 2 atom stereocenters. The van der Waals surface area contributed by atoms with Crippen LogP contribution in [0, 0.1) is 51.9 Å². The Morgan fingerprint density at radius 3 is 2.19 bits per heavy atom. The lowest BCUT2D eigenvalue weighted by molar-refractivity contribution is -0.147. The molecule has 1 aromatic rings. The minimum atomic E-state index is -1.66. The SMILES string of the molecule is CC(C#N)=C[C@@H]1[C@@H](C(=O)OCc2c(F)c(F)c(CCO)c(F)c2F)C1(C)C. The van der Waals surface area contributed by atoms with Crippen LogP contribution in [0.15, 0.2) is 11.6 Å². The predicted molar refractivity (Wildman–Crippen MR) is 87.0 cm³/mol. The summed E-state index contributed by atoms with van der Waals surface area (Å²) in [5, 5.41) is 17.6.